The number of anilines is 1. The quantitative estimate of drug-likeness (QED) is 0.416. The van der Waals surface area contributed by atoms with Crippen molar-refractivity contribution in [1.29, 1.82) is 0 Å². The molecule has 0 radical (unpaired) electrons. The lowest BCUT2D eigenvalue weighted by Gasteiger charge is -2.06. The van der Waals surface area contributed by atoms with Crippen LogP contribution in [0.4, 0.5) is 5.82 Å². The molecule has 0 aliphatic heterocycles. The number of rotatable bonds is 6. The lowest BCUT2D eigenvalue weighted by Crippen LogP contribution is -2.04. The van der Waals surface area contributed by atoms with Crippen LogP contribution in [0.15, 0.2) is 41.8 Å². The summed E-state index contributed by atoms with van der Waals surface area (Å²) in [5.74, 6) is 0.614. The standard InChI is InChI=1S/C16H17N5O2S/c1-23-12(22)7-8-24-16-19-14(17)13-15(20-16)21(10-18-13)9-11-5-3-2-4-6-11/h2-6,10H,7-9H2,1H3,(H2,17,19,20). The van der Waals surface area contributed by atoms with Gasteiger partial charge in [0.15, 0.2) is 16.6 Å². The maximum Gasteiger partial charge on any atom is 0.306 e. The Morgan fingerprint density at radius 2 is 2.08 bits per heavy atom. The summed E-state index contributed by atoms with van der Waals surface area (Å²) in [6.45, 7) is 0.653. The van der Waals surface area contributed by atoms with Crippen molar-refractivity contribution in [2.45, 2.75) is 18.1 Å². The summed E-state index contributed by atoms with van der Waals surface area (Å²) in [6, 6.07) is 10.0. The number of nitrogens with zero attached hydrogens (tertiary/aromatic N) is 4. The molecular formula is C16H17N5O2S. The van der Waals surface area contributed by atoms with Gasteiger partial charge in [-0.05, 0) is 5.56 Å². The molecule has 24 heavy (non-hydrogen) atoms. The minimum absolute atomic E-state index is 0.259. The molecule has 7 nitrogen and oxygen atoms in total. The van der Waals surface area contributed by atoms with Crippen LogP contribution >= 0.6 is 11.8 Å². The Balaban J connectivity index is 1.82. The number of hydrogen-bond acceptors (Lipinski definition) is 7. The van der Waals surface area contributed by atoms with E-state index in [0.717, 1.165) is 5.56 Å². The molecule has 0 amide bonds. The first-order valence-corrected chi connectivity index (χ1v) is 8.38. The highest BCUT2D eigenvalue weighted by Crippen LogP contribution is 2.22. The Morgan fingerprint density at radius 3 is 2.83 bits per heavy atom. The van der Waals surface area contributed by atoms with Crippen molar-refractivity contribution in [3.63, 3.8) is 0 Å². The zero-order valence-corrected chi connectivity index (χ0v) is 14.0. The number of imidazole rings is 1. The van der Waals surface area contributed by atoms with Gasteiger partial charge in [0, 0.05) is 5.75 Å². The molecule has 1 aromatic carbocycles. The van der Waals surface area contributed by atoms with Crippen LogP contribution < -0.4 is 5.73 Å². The van der Waals surface area contributed by atoms with Gasteiger partial charge >= 0.3 is 5.97 Å². The topological polar surface area (TPSA) is 95.9 Å². The third kappa shape index (κ3) is 3.65. The van der Waals surface area contributed by atoms with Crippen molar-refractivity contribution in [3.8, 4) is 0 Å². The Bertz CT molecular complexity index is 850. The molecule has 0 spiro atoms. The van der Waals surface area contributed by atoms with Crippen molar-refractivity contribution in [3.05, 3.63) is 42.2 Å². The summed E-state index contributed by atoms with van der Waals surface area (Å²) in [7, 11) is 1.37. The van der Waals surface area contributed by atoms with E-state index in [2.05, 4.69) is 19.7 Å². The second-order valence-electron chi connectivity index (χ2n) is 5.10. The summed E-state index contributed by atoms with van der Waals surface area (Å²) in [5.41, 5.74) is 8.41. The molecule has 0 atom stereocenters. The zero-order chi connectivity index (χ0) is 16.9. The molecule has 2 N–H and O–H groups in total. The fraction of sp³-hybridized carbons (Fsp3) is 0.250. The summed E-state index contributed by atoms with van der Waals surface area (Å²) in [5, 5.41) is 0.527. The SMILES string of the molecule is COC(=O)CCSc1nc(N)c2ncn(Cc3ccccc3)c2n1. The van der Waals surface area contributed by atoms with Gasteiger partial charge in [-0.1, -0.05) is 42.1 Å². The average molecular weight is 343 g/mol. The van der Waals surface area contributed by atoms with Gasteiger partial charge in [0.1, 0.15) is 5.52 Å². The smallest absolute Gasteiger partial charge is 0.306 e. The summed E-state index contributed by atoms with van der Waals surface area (Å²) < 4.78 is 6.56. The van der Waals surface area contributed by atoms with Gasteiger partial charge in [-0.3, -0.25) is 4.79 Å². The lowest BCUT2D eigenvalue weighted by atomic mass is 10.2. The first kappa shape index (κ1) is 16.3. The predicted octanol–water partition coefficient (Wildman–Crippen LogP) is 2.11. The largest absolute Gasteiger partial charge is 0.469 e. The minimum Gasteiger partial charge on any atom is -0.469 e. The van der Waals surface area contributed by atoms with Crippen LogP contribution in [0.2, 0.25) is 0 Å². The maximum absolute atomic E-state index is 11.2. The van der Waals surface area contributed by atoms with Crippen LogP contribution in [0.25, 0.3) is 11.2 Å². The van der Waals surface area contributed by atoms with E-state index < -0.39 is 0 Å². The van der Waals surface area contributed by atoms with Crippen molar-refractivity contribution >= 4 is 34.7 Å². The van der Waals surface area contributed by atoms with E-state index >= 15 is 0 Å². The molecule has 0 aliphatic carbocycles. The van der Waals surface area contributed by atoms with Crippen LogP contribution in [0.5, 0.6) is 0 Å². The molecule has 2 heterocycles. The molecule has 3 rings (SSSR count). The number of fused-ring (bicyclic) bond motifs is 1. The molecule has 0 bridgehead atoms. The highest BCUT2D eigenvalue weighted by Gasteiger charge is 2.12. The number of aromatic nitrogens is 4. The van der Waals surface area contributed by atoms with E-state index in [1.165, 1.54) is 18.9 Å². The molecular weight excluding hydrogens is 326 g/mol. The first-order chi connectivity index (χ1) is 11.7. The Kier molecular flexibility index (Phi) is 4.95. The van der Waals surface area contributed by atoms with Crippen LogP contribution in [0.1, 0.15) is 12.0 Å². The predicted molar refractivity (Wildman–Crippen MR) is 92.6 cm³/mol. The van der Waals surface area contributed by atoms with Gasteiger partial charge in [0.25, 0.3) is 0 Å². The van der Waals surface area contributed by atoms with Gasteiger partial charge < -0.3 is 15.0 Å². The van der Waals surface area contributed by atoms with E-state index in [1.54, 1.807) is 6.33 Å². The van der Waals surface area contributed by atoms with Gasteiger partial charge in [-0.15, -0.1) is 0 Å². The van der Waals surface area contributed by atoms with Crippen LogP contribution in [0.3, 0.4) is 0 Å². The van der Waals surface area contributed by atoms with Crippen molar-refractivity contribution in [1.82, 2.24) is 19.5 Å². The van der Waals surface area contributed by atoms with Crippen LogP contribution in [0, 0.1) is 0 Å². The molecule has 8 heteroatoms. The first-order valence-electron chi connectivity index (χ1n) is 7.39. The zero-order valence-electron chi connectivity index (χ0n) is 13.2. The minimum atomic E-state index is -0.259. The fourth-order valence-electron chi connectivity index (χ4n) is 2.23. The van der Waals surface area contributed by atoms with E-state index in [4.69, 9.17) is 5.73 Å². The number of nitrogen functional groups attached to an aromatic ring is 1. The number of nitrogens with two attached hydrogens (primary N) is 1. The average Bonchev–Trinajstić information content (AvgIpc) is 2.99. The number of ether oxygens (including phenoxy) is 1. The number of thioether (sulfide) groups is 1. The van der Waals surface area contributed by atoms with E-state index in [9.17, 15) is 4.79 Å². The fourth-order valence-corrected chi connectivity index (χ4v) is 3.00. The van der Waals surface area contributed by atoms with Gasteiger partial charge in [0.05, 0.1) is 26.4 Å². The van der Waals surface area contributed by atoms with Crippen molar-refractivity contribution in [2.24, 2.45) is 0 Å². The van der Waals surface area contributed by atoms with Crippen molar-refractivity contribution in [2.75, 3.05) is 18.6 Å². The Hall–Kier alpha value is -2.61. The molecule has 0 aliphatic rings. The van der Waals surface area contributed by atoms with E-state index in [0.29, 0.717) is 40.9 Å². The number of benzene rings is 1. The van der Waals surface area contributed by atoms with Gasteiger partial charge in [0.2, 0.25) is 0 Å². The molecule has 0 saturated carbocycles. The van der Waals surface area contributed by atoms with E-state index in [-0.39, 0.29) is 5.97 Å². The van der Waals surface area contributed by atoms with Crippen molar-refractivity contribution < 1.29 is 9.53 Å². The number of hydrogen-bond donors (Lipinski definition) is 1. The van der Waals surface area contributed by atoms with E-state index in [1.807, 2.05) is 34.9 Å². The lowest BCUT2D eigenvalue weighted by molar-refractivity contribution is -0.140. The third-order valence-corrected chi connectivity index (χ3v) is 4.28. The number of methoxy groups -OCH3 is 1. The molecule has 0 fully saturated rings. The Morgan fingerprint density at radius 1 is 1.29 bits per heavy atom. The second-order valence-corrected chi connectivity index (χ2v) is 6.16. The molecule has 0 unspecified atom stereocenters. The number of carbonyl (C=O) groups excluding carboxylic acids is 1. The molecule has 124 valence electrons. The highest BCUT2D eigenvalue weighted by atomic mass is 32.2. The third-order valence-electron chi connectivity index (χ3n) is 3.43. The Labute approximate surface area is 143 Å². The van der Waals surface area contributed by atoms with Crippen LogP contribution in [-0.4, -0.2) is 38.4 Å². The summed E-state index contributed by atoms with van der Waals surface area (Å²) in [4.78, 5) is 24.3. The maximum atomic E-state index is 11.2. The summed E-state index contributed by atoms with van der Waals surface area (Å²) >= 11 is 1.37. The highest BCUT2D eigenvalue weighted by molar-refractivity contribution is 7.99. The van der Waals surface area contributed by atoms with Gasteiger partial charge in [-0.25, -0.2) is 15.0 Å². The van der Waals surface area contributed by atoms with Gasteiger partial charge in [-0.2, -0.15) is 0 Å². The van der Waals surface area contributed by atoms with Crippen LogP contribution in [-0.2, 0) is 16.1 Å². The monoisotopic (exact) mass is 343 g/mol. The number of esters is 1. The number of carbonyl (C=O) groups is 1. The molecule has 3 aromatic rings. The second kappa shape index (κ2) is 7.31. The molecule has 0 saturated heterocycles. The molecule has 2 aromatic heterocycles. The summed E-state index contributed by atoms with van der Waals surface area (Å²) in [6.07, 6.45) is 2.01. The normalized spacial score (nSPS) is 10.9.